The minimum Gasteiger partial charge on any atom is -0.326 e. The number of halogens is 2. The standard InChI is InChI=1S/C25H27Cl2N5O5S2/c1-16-12-17(2)29-25(28-16)31-39(36,37)22-9-7-21(8-10-22)30-24(33)18-4-3-11-32(14-18)38(34,35)15-19-5-6-20(26)13-23(19)27/h5-10,12-13,18H,3-4,11,14-15H2,1-2H3,(H,30,33)(H,28,29,31)/t18-/m0/s1. The lowest BCUT2D eigenvalue weighted by Crippen LogP contribution is -2.44. The normalized spacial score (nSPS) is 16.6. The Labute approximate surface area is 237 Å². The average molecular weight is 613 g/mol. The topological polar surface area (TPSA) is 138 Å². The van der Waals surface area contributed by atoms with E-state index in [2.05, 4.69) is 20.0 Å². The molecule has 0 radical (unpaired) electrons. The van der Waals surface area contributed by atoms with E-state index in [0.29, 0.717) is 47.0 Å². The second kappa shape index (κ2) is 11.8. The zero-order valence-corrected chi connectivity index (χ0v) is 24.3. The number of carbonyl (C=O) groups is 1. The van der Waals surface area contributed by atoms with Crippen molar-refractivity contribution in [2.24, 2.45) is 5.92 Å². The van der Waals surface area contributed by atoms with Crippen molar-refractivity contribution >= 4 is 60.8 Å². The Morgan fingerprint density at radius 1 is 1.00 bits per heavy atom. The maximum atomic E-state index is 13.0. The van der Waals surface area contributed by atoms with Gasteiger partial charge in [0.05, 0.1) is 16.6 Å². The van der Waals surface area contributed by atoms with E-state index in [-0.39, 0.29) is 34.1 Å². The molecule has 10 nitrogen and oxygen atoms in total. The largest absolute Gasteiger partial charge is 0.326 e. The first-order valence-electron chi connectivity index (χ1n) is 12.0. The summed E-state index contributed by atoms with van der Waals surface area (Å²) in [7, 11) is -7.67. The number of sulfonamides is 2. The lowest BCUT2D eigenvalue weighted by Gasteiger charge is -2.31. The van der Waals surface area contributed by atoms with Gasteiger partial charge in [-0.2, -0.15) is 0 Å². The molecule has 0 aliphatic carbocycles. The number of benzene rings is 2. The van der Waals surface area contributed by atoms with Crippen molar-refractivity contribution in [1.29, 1.82) is 0 Å². The van der Waals surface area contributed by atoms with Gasteiger partial charge in [-0.25, -0.2) is 35.8 Å². The van der Waals surface area contributed by atoms with E-state index < -0.39 is 26.0 Å². The van der Waals surface area contributed by atoms with Crippen LogP contribution in [0.25, 0.3) is 0 Å². The predicted molar refractivity (Wildman–Crippen MR) is 151 cm³/mol. The van der Waals surface area contributed by atoms with Crippen LogP contribution in [0.1, 0.15) is 29.8 Å². The Morgan fingerprint density at radius 2 is 1.67 bits per heavy atom. The Hall–Kier alpha value is -2.77. The molecule has 1 fully saturated rings. The van der Waals surface area contributed by atoms with Gasteiger partial charge in [0.15, 0.2) is 0 Å². The number of nitrogens with zero attached hydrogens (tertiary/aromatic N) is 3. The third-order valence-electron chi connectivity index (χ3n) is 6.14. The summed E-state index contributed by atoms with van der Waals surface area (Å²) in [6, 6.07) is 12.0. The highest BCUT2D eigenvalue weighted by atomic mass is 35.5. The van der Waals surface area contributed by atoms with Crippen molar-refractivity contribution < 1.29 is 21.6 Å². The number of nitrogens with one attached hydrogen (secondary N) is 2. The molecule has 14 heteroatoms. The number of piperidine rings is 1. The number of anilines is 2. The number of aromatic nitrogens is 2. The molecule has 0 saturated carbocycles. The van der Waals surface area contributed by atoms with Crippen molar-refractivity contribution in [3.05, 3.63) is 75.5 Å². The summed E-state index contributed by atoms with van der Waals surface area (Å²) in [5.74, 6) is -1.24. The van der Waals surface area contributed by atoms with E-state index in [9.17, 15) is 21.6 Å². The van der Waals surface area contributed by atoms with E-state index in [1.54, 1.807) is 32.0 Å². The van der Waals surface area contributed by atoms with Crippen LogP contribution in [0, 0.1) is 19.8 Å². The van der Waals surface area contributed by atoms with Crippen LogP contribution in [0.15, 0.2) is 53.4 Å². The van der Waals surface area contributed by atoms with Gasteiger partial charge in [-0.15, -0.1) is 0 Å². The van der Waals surface area contributed by atoms with Crippen LogP contribution in [-0.2, 0) is 30.6 Å². The molecule has 0 unspecified atom stereocenters. The maximum absolute atomic E-state index is 13.0. The number of rotatable bonds is 8. The zero-order chi connectivity index (χ0) is 28.4. The van der Waals surface area contributed by atoms with Gasteiger partial charge in [-0.05, 0) is 74.7 Å². The van der Waals surface area contributed by atoms with Gasteiger partial charge in [-0.3, -0.25) is 4.79 Å². The maximum Gasteiger partial charge on any atom is 0.264 e. The van der Waals surface area contributed by atoms with Crippen LogP contribution in [0.5, 0.6) is 0 Å². The monoisotopic (exact) mass is 611 g/mol. The summed E-state index contributed by atoms with van der Waals surface area (Å²) >= 11 is 12.1. The fourth-order valence-electron chi connectivity index (χ4n) is 4.25. The van der Waals surface area contributed by atoms with E-state index in [0.717, 1.165) is 0 Å². The van der Waals surface area contributed by atoms with Crippen LogP contribution in [0.4, 0.5) is 11.6 Å². The molecule has 1 aliphatic heterocycles. The summed E-state index contributed by atoms with van der Waals surface area (Å²) in [5, 5.41) is 3.43. The predicted octanol–water partition coefficient (Wildman–Crippen LogP) is 4.38. The summed E-state index contributed by atoms with van der Waals surface area (Å²) in [5.41, 5.74) is 2.07. The van der Waals surface area contributed by atoms with Crippen LogP contribution >= 0.6 is 23.2 Å². The lowest BCUT2D eigenvalue weighted by atomic mass is 9.99. The molecule has 39 heavy (non-hydrogen) atoms. The Bertz CT molecular complexity index is 1580. The van der Waals surface area contributed by atoms with E-state index in [1.165, 1.54) is 34.6 Å². The molecule has 3 aromatic rings. The molecule has 0 bridgehead atoms. The molecule has 0 spiro atoms. The molecule has 1 amide bonds. The summed E-state index contributed by atoms with van der Waals surface area (Å²) < 4.78 is 55.3. The van der Waals surface area contributed by atoms with Gasteiger partial charge in [0.25, 0.3) is 10.0 Å². The van der Waals surface area contributed by atoms with Crippen molar-refractivity contribution in [3.63, 3.8) is 0 Å². The highest BCUT2D eigenvalue weighted by molar-refractivity contribution is 7.92. The van der Waals surface area contributed by atoms with Gasteiger partial charge in [0, 0.05) is 40.2 Å². The van der Waals surface area contributed by atoms with E-state index >= 15 is 0 Å². The Morgan fingerprint density at radius 3 is 2.31 bits per heavy atom. The minimum atomic E-state index is -3.95. The molecule has 1 aromatic heterocycles. The number of amides is 1. The fraction of sp³-hybridized carbons (Fsp3) is 0.320. The molecule has 1 saturated heterocycles. The van der Waals surface area contributed by atoms with Gasteiger partial charge in [0.2, 0.25) is 21.9 Å². The SMILES string of the molecule is Cc1cc(C)nc(NS(=O)(=O)c2ccc(NC(=O)[C@H]3CCCN(S(=O)(=O)Cc4ccc(Cl)cc4Cl)C3)cc2)n1. The summed E-state index contributed by atoms with van der Waals surface area (Å²) in [6.45, 7) is 3.81. The molecule has 2 heterocycles. The highest BCUT2D eigenvalue weighted by Gasteiger charge is 2.33. The first kappa shape index (κ1) is 29.2. The molecule has 1 atom stereocenters. The second-order valence-electron chi connectivity index (χ2n) is 9.28. The summed E-state index contributed by atoms with van der Waals surface area (Å²) in [6.07, 6.45) is 1.04. The Balaban J connectivity index is 1.39. The third kappa shape index (κ3) is 7.46. The second-order valence-corrected chi connectivity index (χ2v) is 13.8. The van der Waals surface area contributed by atoms with Crippen molar-refractivity contribution in [2.75, 3.05) is 23.1 Å². The van der Waals surface area contributed by atoms with Gasteiger partial charge in [-0.1, -0.05) is 29.3 Å². The van der Waals surface area contributed by atoms with E-state index in [1.807, 2.05) is 0 Å². The zero-order valence-electron chi connectivity index (χ0n) is 21.2. The van der Waals surface area contributed by atoms with Crippen LogP contribution in [0.3, 0.4) is 0 Å². The van der Waals surface area contributed by atoms with Gasteiger partial charge >= 0.3 is 0 Å². The molecule has 208 valence electrons. The number of hydrogen-bond acceptors (Lipinski definition) is 7. The molecular formula is C25H27Cl2N5O5S2. The molecule has 1 aliphatic rings. The minimum absolute atomic E-state index is 0.0278. The molecule has 2 aromatic carbocycles. The van der Waals surface area contributed by atoms with Crippen molar-refractivity contribution in [2.45, 2.75) is 37.3 Å². The van der Waals surface area contributed by atoms with Crippen LogP contribution in [0.2, 0.25) is 10.0 Å². The number of hydrogen-bond donors (Lipinski definition) is 2. The molecular weight excluding hydrogens is 585 g/mol. The van der Waals surface area contributed by atoms with E-state index in [4.69, 9.17) is 23.2 Å². The van der Waals surface area contributed by atoms with Gasteiger partial charge < -0.3 is 5.32 Å². The first-order chi connectivity index (χ1) is 18.3. The smallest absolute Gasteiger partial charge is 0.264 e. The Kier molecular flexibility index (Phi) is 8.82. The van der Waals surface area contributed by atoms with Crippen molar-refractivity contribution in [3.8, 4) is 0 Å². The molecule has 2 N–H and O–H groups in total. The summed E-state index contributed by atoms with van der Waals surface area (Å²) in [4.78, 5) is 21.1. The van der Waals surface area contributed by atoms with Crippen LogP contribution in [-0.4, -0.2) is 50.1 Å². The quantitative estimate of drug-likeness (QED) is 0.385. The van der Waals surface area contributed by atoms with Crippen LogP contribution < -0.4 is 10.0 Å². The van der Waals surface area contributed by atoms with Gasteiger partial charge in [0.1, 0.15) is 0 Å². The third-order valence-corrected chi connectivity index (χ3v) is 9.87. The lowest BCUT2D eigenvalue weighted by molar-refractivity contribution is -0.120. The highest BCUT2D eigenvalue weighted by Crippen LogP contribution is 2.27. The number of carbonyl (C=O) groups excluding carboxylic acids is 1. The molecule has 4 rings (SSSR count). The first-order valence-corrected chi connectivity index (χ1v) is 15.8. The van der Waals surface area contributed by atoms with Crippen molar-refractivity contribution in [1.82, 2.24) is 14.3 Å². The number of aryl methyl sites for hydroxylation is 2. The fourth-order valence-corrected chi connectivity index (χ4v) is 7.39. The average Bonchev–Trinajstić information content (AvgIpc) is 2.85.